The average Bonchev–Trinajstić information content (AvgIpc) is 2.98. The van der Waals surface area contributed by atoms with Gasteiger partial charge in [0.15, 0.2) is 0 Å². The minimum Gasteiger partial charge on any atom is -0.325 e. The number of hydrogen-bond acceptors (Lipinski definition) is 4. The van der Waals surface area contributed by atoms with Gasteiger partial charge in [-0.05, 0) is 24.1 Å². The summed E-state index contributed by atoms with van der Waals surface area (Å²) in [6, 6.07) is 6.89. The predicted octanol–water partition coefficient (Wildman–Crippen LogP) is 1.27. The maximum absolute atomic E-state index is 12.5. The highest BCUT2D eigenvalue weighted by molar-refractivity contribution is 14.1. The van der Waals surface area contributed by atoms with Gasteiger partial charge in [-0.15, -0.1) is 0 Å². The van der Waals surface area contributed by atoms with E-state index in [9.17, 15) is 19.6 Å². The number of likely N-dealkylation sites (tertiary alicyclic amines) is 1. The first-order valence-electron chi connectivity index (χ1n) is 6.72. The molecule has 1 spiro atoms. The summed E-state index contributed by atoms with van der Waals surface area (Å²) >= 11 is 1.41. The van der Waals surface area contributed by atoms with E-state index in [1.807, 2.05) is 31.2 Å². The van der Waals surface area contributed by atoms with Crippen molar-refractivity contribution in [2.24, 2.45) is 0 Å². The van der Waals surface area contributed by atoms with Gasteiger partial charge in [0.1, 0.15) is 6.04 Å². The van der Waals surface area contributed by atoms with E-state index in [4.69, 9.17) is 0 Å². The number of nitrogens with zero attached hydrogens (tertiary/aromatic N) is 2. The minimum absolute atomic E-state index is 0.0562. The van der Waals surface area contributed by atoms with Crippen LogP contribution in [-0.2, 0) is 19.8 Å². The Morgan fingerprint density at radius 1 is 1.50 bits per heavy atom. The summed E-state index contributed by atoms with van der Waals surface area (Å²) in [4.78, 5) is 37.1. The third kappa shape index (κ3) is 2.01. The third-order valence-corrected chi connectivity index (χ3v) is 4.77. The van der Waals surface area contributed by atoms with Gasteiger partial charge in [-0.2, -0.15) is 5.26 Å². The fourth-order valence-electron chi connectivity index (χ4n) is 3.25. The Balaban J connectivity index is 2.06. The molecule has 1 N–H and O–H groups in total. The van der Waals surface area contributed by atoms with E-state index in [1.54, 1.807) is 0 Å². The van der Waals surface area contributed by atoms with Gasteiger partial charge in [0.05, 0.1) is 11.5 Å². The first kappa shape index (κ1) is 15.0. The lowest BCUT2D eigenvalue weighted by atomic mass is 9.79. The Labute approximate surface area is 140 Å². The molecule has 3 rings (SSSR count). The standard InChI is InChI=1S/C15H12IN3O3/c1-8-2-3-10-11(4-8)18-14(22)15(10)5-9(6-17)19(7-15)13(21)12(16)20/h2-4,9H,5,7H2,1H3,(H,18,22). The van der Waals surface area contributed by atoms with E-state index in [-0.39, 0.29) is 18.9 Å². The molecule has 2 amide bonds. The van der Waals surface area contributed by atoms with Crippen LogP contribution >= 0.6 is 22.6 Å². The van der Waals surface area contributed by atoms with Crippen LogP contribution in [-0.4, -0.2) is 33.1 Å². The number of carbonyl (C=O) groups excluding carboxylic acids is 3. The van der Waals surface area contributed by atoms with Gasteiger partial charge >= 0.3 is 5.91 Å². The molecule has 1 saturated heterocycles. The van der Waals surface area contributed by atoms with Crippen LogP contribution in [0.3, 0.4) is 0 Å². The van der Waals surface area contributed by atoms with Gasteiger partial charge in [0.2, 0.25) is 5.91 Å². The number of amides is 2. The summed E-state index contributed by atoms with van der Waals surface area (Å²) in [5, 5.41) is 12.1. The number of nitriles is 1. The maximum Gasteiger partial charge on any atom is 0.301 e. The predicted molar refractivity (Wildman–Crippen MR) is 86.2 cm³/mol. The van der Waals surface area contributed by atoms with Crippen molar-refractivity contribution in [3.05, 3.63) is 29.3 Å². The fraction of sp³-hybridized carbons (Fsp3) is 0.333. The molecule has 2 aliphatic heterocycles. The third-order valence-electron chi connectivity index (χ3n) is 4.31. The Morgan fingerprint density at radius 3 is 2.86 bits per heavy atom. The number of nitrogens with one attached hydrogen (secondary N) is 1. The van der Waals surface area contributed by atoms with Crippen LogP contribution in [0, 0.1) is 18.3 Å². The van der Waals surface area contributed by atoms with Gasteiger partial charge in [-0.1, -0.05) is 12.1 Å². The topological polar surface area (TPSA) is 90.3 Å². The molecular weight excluding hydrogens is 397 g/mol. The minimum atomic E-state index is -0.939. The molecule has 1 fully saturated rings. The highest BCUT2D eigenvalue weighted by Gasteiger charge is 2.56. The highest BCUT2D eigenvalue weighted by Crippen LogP contribution is 2.46. The van der Waals surface area contributed by atoms with E-state index in [1.165, 1.54) is 27.5 Å². The first-order valence-corrected chi connectivity index (χ1v) is 7.79. The number of carbonyl (C=O) groups is 3. The summed E-state index contributed by atoms with van der Waals surface area (Å²) in [7, 11) is 0. The lowest BCUT2D eigenvalue weighted by molar-refractivity contribution is -0.139. The Kier molecular flexibility index (Phi) is 3.44. The number of hydrogen-bond donors (Lipinski definition) is 1. The van der Waals surface area contributed by atoms with Crippen LogP contribution in [0.1, 0.15) is 17.5 Å². The molecule has 1 aromatic carbocycles. The van der Waals surface area contributed by atoms with E-state index >= 15 is 0 Å². The summed E-state index contributed by atoms with van der Waals surface area (Å²) in [5.41, 5.74) is 1.59. The molecule has 0 saturated carbocycles. The van der Waals surface area contributed by atoms with Crippen molar-refractivity contribution in [2.45, 2.75) is 24.8 Å². The zero-order chi connectivity index (χ0) is 16.1. The summed E-state index contributed by atoms with van der Waals surface area (Å²) in [6.45, 7) is 1.98. The van der Waals surface area contributed by atoms with Crippen LogP contribution < -0.4 is 5.32 Å². The molecule has 0 aromatic heterocycles. The van der Waals surface area contributed by atoms with E-state index in [0.29, 0.717) is 0 Å². The summed E-state index contributed by atoms with van der Waals surface area (Å²) in [5.74, 6) is -0.943. The number of benzene rings is 1. The van der Waals surface area contributed by atoms with Crippen molar-refractivity contribution < 1.29 is 14.4 Å². The molecule has 22 heavy (non-hydrogen) atoms. The van der Waals surface area contributed by atoms with Crippen LogP contribution in [0.25, 0.3) is 0 Å². The largest absolute Gasteiger partial charge is 0.325 e. The number of anilines is 1. The van der Waals surface area contributed by atoms with Crippen LogP contribution in [0.4, 0.5) is 5.69 Å². The molecule has 1 aromatic rings. The molecule has 2 aliphatic rings. The smallest absolute Gasteiger partial charge is 0.301 e. The Bertz CT molecular complexity index is 755. The number of halogens is 1. The number of aryl methyl sites for hydroxylation is 1. The van der Waals surface area contributed by atoms with Gasteiger partial charge in [-0.3, -0.25) is 14.4 Å². The second kappa shape index (κ2) is 5.05. The molecule has 2 unspecified atom stereocenters. The van der Waals surface area contributed by atoms with Gasteiger partial charge in [-0.25, -0.2) is 0 Å². The van der Waals surface area contributed by atoms with Crippen molar-refractivity contribution in [1.82, 2.24) is 4.90 Å². The maximum atomic E-state index is 12.5. The van der Waals surface area contributed by atoms with Crippen LogP contribution in [0.2, 0.25) is 0 Å². The van der Waals surface area contributed by atoms with E-state index in [0.717, 1.165) is 16.8 Å². The quantitative estimate of drug-likeness (QED) is 0.430. The molecule has 2 atom stereocenters. The van der Waals surface area contributed by atoms with Gasteiger partial charge in [0.25, 0.3) is 3.79 Å². The van der Waals surface area contributed by atoms with E-state index in [2.05, 4.69) is 5.32 Å². The normalized spacial score (nSPS) is 25.8. The van der Waals surface area contributed by atoms with E-state index < -0.39 is 21.2 Å². The lowest BCUT2D eigenvalue weighted by Crippen LogP contribution is -2.41. The fourth-order valence-corrected chi connectivity index (χ4v) is 3.56. The summed E-state index contributed by atoms with van der Waals surface area (Å²) < 4.78 is -0.655. The molecule has 2 heterocycles. The zero-order valence-electron chi connectivity index (χ0n) is 11.7. The molecule has 0 bridgehead atoms. The molecule has 6 nitrogen and oxygen atoms in total. The molecular formula is C15H12IN3O3. The van der Waals surface area contributed by atoms with Gasteiger partial charge < -0.3 is 10.2 Å². The number of rotatable bonds is 1. The van der Waals surface area contributed by atoms with Crippen molar-refractivity contribution in [2.75, 3.05) is 11.9 Å². The van der Waals surface area contributed by atoms with Gasteiger partial charge in [0, 0.05) is 41.2 Å². The summed E-state index contributed by atoms with van der Waals surface area (Å²) in [6.07, 6.45) is 0.209. The van der Waals surface area contributed by atoms with Crippen molar-refractivity contribution in [3.8, 4) is 6.07 Å². The highest BCUT2D eigenvalue weighted by atomic mass is 127. The van der Waals surface area contributed by atoms with Crippen LogP contribution in [0.15, 0.2) is 18.2 Å². The van der Waals surface area contributed by atoms with Crippen molar-refractivity contribution >= 4 is 43.9 Å². The van der Waals surface area contributed by atoms with Crippen LogP contribution in [0.5, 0.6) is 0 Å². The lowest BCUT2D eigenvalue weighted by Gasteiger charge is -2.21. The Morgan fingerprint density at radius 2 is 2.23 bits per heavy atom. The second-order valence-corrected chi connectivity index (χ2v) is 6.62. The Hall–Kier alpha value is -1.95. The average molecular weight is 409 g/mol. The molecule has 0 radical (unpaired) electrons. The molecule has 112 valence electrons. The zero-order valence-corrected chi connectivity index (χ0v) is 13.9. The first-order chi connectivity index (χ1) is 10.4. The molecule has 0 aliphatic carbocycles. The van der Waals surface area contributed by atoms with Crippen molar-refractivity contribution in [1.29, 1.82) is 5.26 Å². The van der Waals surface area contributed by atoms with Crippen molar-refractivity contribution in [3.63, 3.8) is 0 Å². The monoisotopic (exact) mass is 409 g/mol. The molecule has 7 heteroatoms. The number of fused-ring (bicyclic) bond motifs is 2. The second-order valence-electron chi connectivity index (χ2n) is 5.64. The SMILES string of the molecule is Cc1ccc2c(c1)NC(=O)C21CC(C#N)N(C(=O)C(=O)I)C1.